The van der Waals surface area contributed by atoms with Crippen LogP contribution in [0.25, 0.3) is 0 Å². The van der Waals surface area contributed by atoms with Gasteiger partial charge in [-0.3, -0.25) is 4.68 Å². The summed E-state index contributed by atoms with van der Waals surface area (Å²) >= 11 is 0. The third kappa shape index (κ3) is 5.21. The molecule has 0 spiro atoms. The Balaban J connectivity index is 2.69. The minimum atomic E-state index is -1.23. The second-order valence-corrected chi connectivity index (χ2v) is 12.0. The summed E-state index contributed by atoms with van der Waals surface area (Å²) in [6, 6.07) is 2.60. The van der Waals surface area contributed by atoms with Crippen LogP contribution in [0.15, 0.2) is 6.07 Å². The first-order chi connectivity index (χ1) is 10.2. The predicted octanol–water partition coefficient (Wildman–Crippen LogP) is 3.30. The maximum Gasteiger partial charge on any atom is 0.426 e. The minimum Gasteiger partial charge on any atom is -0.462 e. The smallest absolute Gasteiger partial charge is 0.426 e. The van der Waals surface area contributed by atoms with Crippen molar-refractivity contribution in [3.05, 3.63) is 23.0 Å². The number of nitrogens with one attached hydrogen (secondary N) is 1. The van der Waals surface area contributed by atoms with E-state index in [0.717, 1.165) is 11.7 Å². The third-order valence-corrected chi connectivity index (χ3v) is 4.92. The molecule has 0 radical (unpaired) electrons. The molecule has 0 aromatic carbocycles. The summed E-state index contributed by atoms with van der Waals surface area (Å²) in [5.74, 6) is -0.393. The fraction of sp³-hybridized carbons (Fsp3) is 0.600. The fourth-order valence-corrected chi connectivity index (χ4v) is 2.64. The zero-order valence-corrected chi connectivity index (χ0v) is 15.3. The lowest BCUT2D eigenvalue weighted by molar-refractivity contribution is 0.0525. The molecule has 6 nitrogen and oxygen atoms in total. The molecule has 0 aliphatic carbocycles. The van der Waals surface area contributed by atoms with Crippen molar-refractivity contribution in [2.45, 2.75) is 46.5 Å². The number of rotatable bonds is 6. The zero-order valence-electron chi connectivity index (χ0n) is 14.3. The molecule has 0 unspecified atom stereocenters. The Labute approximate surface area is 132 Å². The van der Waals surface area contributed by atoms with Gasteiger partial charge in [-0.1, -0.05) is 19.6 Å². The molecule has 1 heterocycles. The van der Waals surface area contributed by atoms with Crippen molar-refractivity contribution in [3.63, 3.8) is 0 Å². The normalized spacial score (nSPS) is 11.2. The number of ether oxygens (including phenoxy) is 2. The monoisotopic (exact) mass is 326 g/mol. The SMILES string of the molecule is CCOC(=O)c1cc(C)n(NC(=O)OCC[Si](C)(C)C)c1C. The minimum absolute atomic E-state index is 0.314. The summed E-state index contributed by atoms with van der Waals surface area (Å²) in [4.78, 5) is 23.7. The van der Waals surface area contributed by atoms with E-state index in [-0.39, 0.29) is 0 Å². The Morgan fingerprint density at radius 3 is 2.41 bits per heavy atom. The number of esters is 1. The van der Waals surface area contributed by atoms with Gasteiger partial charge in [0.15, 0.2) is 0 Å². The van der Waals surface area contributed by atoms with Crippen LogP contribution in [0.3, 0.4) is 0 Å². The third-order valence-electron chi connectivity index (χ3n) is 3.21. The number of aryl methyl sites for hydroxylation is 1. The molecule has 0 fully saturated rings. The first kappa shape index (κ1) is 18.3. The molecular formula is C15H26N2O4Si. The number of hydrogen-bond donors (Lipinski definition) is 1. The van der Waals surface area contributed by atoms with Crippen LogP contribution in [0.1, 0.15) is 28.7 Å². The summed E-state index contributed by atoms with van der Waals surface area (Å²) in [5, 5.41) is 0. The number of aromatic nitrogens is 1. The summed E-state index contributed by atoms with van der Waals surface area (Å²) in [5.41, 5.74) is 4.45. The van der Waals surface area contributed by atoms with Gasteiger partial charge in [0.25, 0.3) is 0 Å². The average molecular weight is 326 g/mol. The molecule has 1 aromatic heterocycles. The predicted molar refractivity (Wildman–Crippen MR) is 88.7 cm³/mol. The maximum absolute atomic E-state index is 11.9. The van der Waals surface area contributed by atoms with Crippen molar-refractivity contribution in [2.24, 2.45) is 0 Å². The molecule has 0 aliphatic heterocycles. The van der Waals surface area contributed by atoms with Gasteiger partial charge < -0.3 is 9.47 Å². The Hall–Kier alpha value is -1.76. The average Bonchev–Trinajstić information content (AvgIpc) is 2.65. The maximum atomic E-state index is 11.9. The first-order valence-corrected chi connectivity index (χ1v) is 11.2. The summed E-state index contributed by atoms with van der Waals surface area (Å²) in [6.07, 6.45) is -0.518. The molecule has 1 amide bonds. The lowest BCUT2D eigenvalue weighted by Crippen LogP contribution is -2.28. The molecule has 22 heavy (non-hydrogen) atoms. The summed E-state index contributed by atoms with van der Waals surface area (Å²) in [7, 11) is -1.23. The lowest BCUT2D eigenvalue weighted by Gasteiger charge is -2.16. The molecule has 0 bridgehead atoms. The largest absolute Gasteiger partial charge is 0.462 e. The van der Waals surface area contributed by atoms with Crippen molar-refractivity contribution in [2.75, 3.05) is 18.6 Å². The second kappa shape index (κ2) is 7.48. The molecule has 124 valence electrons. The van der Waals surface area contributed by atoms with Gasteiger partial charge in [-0.05, 0) is 32.9 Å². The van der Waals surface area contributed by atoms with E-state index in [1.54, 1.807) is 31.5 Å². The van der Waals surface area contributed by atoms with Gasteiger partial charge in [-0.2, -0.15) is 0 Å². The zero-order chi connectivity index (χ0) is 16.9. The highest BCUT2D eigenvalue weighted by Gasteiger charge is 2.19. The molecule has 1 rings (SSSR count). The molecule has 1 aromatic rings. The van der Waals surface area contributed by atoms with Crippen molar-refractivity contribution in [3.8, 4) is 0 Å². The van der Waals surface area contributed by atoms with Gasteiger partial charge in [-0.15, -0.1) is 0 Å². The molecule has 0 saturated carbocycles. The fourth-order valence-electron chi connectivity index (χ4n) is 1.92. The highest BCUT2D eigenvalue weighted by molar-refractivity contribution is 6.76. The Bertz CT molecular complexity index is 546. The van der Waals surface area contributed by atoms with Crippen LogP contribution >= 0.6 is 0 Å². The molecule has 0 aliphatic rings. The van der Waals surface area contributed by atoms with Crippen LogP contribution < -0.4 is 5.43 Å². The number of carbonyl (C=O) groups is 2. The second-order valence-electron chi connectivity index (χ2n) is 6.40. The molecule has 7 heteroatoms. The number of amides is 1. The van der Waals surface area contributed by atoms with Crippen molar-refractivity contribution >= 4 is 20.1 Å². The topological polar surface area (TPSA) is 69.6 Å². The number of carbonyl (C=O) groups excluding carboxylic acids is 2. The van der Waals surface area contributed by atoms with E-state index in [2.05, 4.69) is 25.1 Å². The van der Waals surface area contributed by atoms with E-state index in [9.17, 15) is 9.59 Å². The van der Waals surface area contributed by atoms with E-state index >= 15 is 0 Å². The van der Waals surface area contributed by atoms with E-state index in [1.165, 1.54) is 0 Å². The van der Waals surface area contributed by atoms with E-state index in [1.807, 2.05) is 0 Å². The first-order valence-electron chi connectivity index (χ1n) is 7.45. The van der Waals surface area contributed by atoms with E-state index in [0.29, 0.717) is 24.5 Å². The van der Waals surface area contributed by atoms with Gasteiger partial charge in [-0.25, -0.2) is 15.0 Å². The van der Waals surface area contributed by atoms with Crippen LogP contribution in [-0.2, 0) is 9.47 Å². The van der Waals surface area contributed by atoms with Gasteiger partial charge in [0.2, 0.25) is 0 Å². The van der Waals surface area contributed by atoms with Crippen molar-refractivity contribution in [1.82, 2.24) is 4.68 Å². The molecule has 0 atom stereocenters. The van der Waals surface area contributed by atoms with Crippen molar-refractivity contribution in [1.29, 1.82) is 0 Å². The molecule has 1 N–H and O–H groups in total. The van der Waals surface area contributed by atoms with Gasteiger partial charge in [0.1, 0.15) is 0 Å². The molecule has 0 saturated heterocycles. The van der Waals surface area contributed by atoms with Crippen LogP contribution in [0, 0.1) is 13.8 Å². The van der Waals surface area contributed by atoms with Crippen LogP contribution in [0.2, 0.25) is 25.7 Å². The van der Waals surface area contributed by atoms with Gasteiger partial charge in [0.05, 0.1) is 24.5 Å². The molecular weight excluding hydrogens is 300 g/mol. The van der Waals surface area contributed by atoms with E-state index in [4.69, 9.17) is 9.47 Å². The highest BCUT2D eigenvalue weighted by atomic mass is 28.3. The summed E-state index contributed by atoms with van der Waals surface area (Å²) < 4.78 is 11.7. The Morgan fingerprint density at radius 2 is 1.86 bits per heavy atom. The Morgan fingerprint density at radius 1 is 1.23 bits per heavy atom. The lowest BCUT2D eigenvalue weighted by atomic mass is 10.2. The van der Waals surface area contributed by atoms with Gasteiger partial charge >= 0.3 is 12.1 Å². The number of hydrogen-bond acceptors (Lipinski definition) is 4. The highest BCUT2D eigenvalue weighted by Crippen LogP contribution is 2.15. The van der Waals surface area contributed by atoms with Crippen LogP contribution in [0.5, 0.6) is 0 Å². The summed E-state index contributed by atoms with van der Waals surface area (Å²) in [6.45, 7) is 12.7. The van der Waals surface area contributed by atoms with Crippen LogP contribution in [0.4, 0.5) is 4.79 Å². The number of nitrogens with zero attached hydrogens (tertiary/aromatic N) is 1. The van der Waals surface area contributed by atoms with E-state index < -0.39 is 20.1 Å². The Kier molecular flexibility index (Phi) is 6.22. The van der Waals surface area contributed by atoms with Crippen molar-refractivity contribution < 1.29 is 19.1 Å². The standard InChI is InChI=1S/C15H26N2O4Si/c1-7-20-14(18)13-10-11(2)17(12(13)3)16-15(19)21-8-9-22(4,5)6/h10H,7-9H2,1-6H3,(H,16,19). The quantitative estimate of drug-likeness (QED) is 0.643. The van der Waals surface area contributed by atoms with Gasteiger partial charge in [0, 0.05) is 13.8 Å². The van der Waals surface area contributed by atoms with Crippen LogP contribution in [-0.4, -0.2) is 38.0 Å².